The fourth-order valence-corrected chi connectivity index (χ4v) is 11.7. The van der Waals surface area contributed by atoms with Crippen LogP contribution in [-0.4, -0.2) is 16.2 Å². The number of aryl methyl sites for hydroxylation is 2. The zero-order valence-electron chi connectivity index (χ0n) is 47.9. The first-order valence-electron chi connectivity index (χ1n) is 28.0. The van der Waals surface area contributed by atoms with Crippen molar-refractivity contribution in [3.63, 3.8) is 0 Å². The van der Waals surface area contributed by atoms with Gasteiger partial charge in [0.25, 0.3) is 0 Å². The van der Waals surface area contributed by atoms with Crippen molar-refractivity contribution in [3.8, 4) is 61.8 Å². The maximum Gasteiger partial charge on any atom is 0.137 e. The average molecular weight is 1050 g/mol. The highest BCUT2D eigenvalue weighted by atomic mass is 19.1. The number of benzene rings is 9. The van der Waals surface area contributed by atoms with Crippen LogP contribution in [0.25, 0.3) is 72.1 Å². The highest BCUT2D eigenvalue weighted by molar-refractivity contribution is 6.09. The Bertz CT molecular complexity index is 4120. The number of hydrogen-bond donors (Lipinski definition) is 0. The minimum absolute atomic E-state index is 0.0514. The van der Waals surface area contributed by atoms with Gasteiger partial charge in [-0.15, -0.1) is 0 Å². The largest absolute Gasteiger partial charge is 0.457 e. The molecule has 80 heavy (non-hydrogen) atoms. The molecule has 3 heterocycles. The summed E-state index contributed by atoms with van der Waals surface area (Å²) in [6.07, 6.45) is 1.92. The van der Waals surface area contributed by atoms with E-state index in [0.29, 0.717) is 6.67 Å². The Kier molecular flexibility index (Phi) is 12.9. The van der Waals surface area contributed by atoms with Gasteiger partial charge in [-0.1, -0.05) is 172 Å². The van der Waals surface area contributed by atoms with Gasteiger partial charge in [-0.25, -0.2) is 9.37 Å². The molecular formula is C74H69FN4O. The minimum atomic E-state index is -0.271. The number of hydrogen-bond acceptors (Lipinski definition) is 4. The molecule has 398 valence electrons. The topological polar surface area (TPSA) is 33.5 Å². The predicted molar refractivity (Wildman–Crippen MR) is 334 cm³/mol. The van der Waals surface area contributed by atoms with Gasteiger partial charge in [0, 0.05) is 45.9 Å². The molecule has 1 aliphatic rings. The third kappa shape index (κ3) is 9.71. The van der Waals surface area contributed by atoms with E-state index in [-0.39, 0.29) is 22.1 Å². The molecule has 0 N–H and O–H groups in total. The van der Waals surface area contributed by atoms with Crippen molar-refractivity contribution in [1.82, 2.24) is 9.55 Å². The number of rotatable bonds is 9. The van der Waals surface area contributed by atoms with Crippen LogP contribution in [0.5, 0.6) is 11.5 Å². The molecule has 5 nitrogen and oxygen atoms in total. The second-order valence-corrected chi connectivity index (χ2v) is 24.8. The lowest BCUT2D eigenvalue weighted by Crippen LogP contribution is -2.25. The molecule has 0 saturated carbocycles. The molecule has 0 atom stereocenters. The van der Waals surface area contributed by atoms with E-state index in [1.54, 1.807) is 12.1 Å². The second kappa shape index (κ2) is 19.9. The van der Waals surface area contributed by atoms with Crippen LogP contribution in [-0.2, 0) is 16.2 Å². The van der Waals surface area contributed by atoms with Crippen LogP contribution in [0.2, 0.25) is 0 Å². The van der Waals surface area contributed by atoms with Crippen LogP contribution in [0.4, 0.5) is 27.1 Å². The SMILES string of the molecule is Cc1cccc(C)c1-c1cc(Oc2ccc3c4ccccc4n(-c4cc(C(C)(C)C)ccn4)c3c2)cc(N2CN(c3c(-c4ccc(F)cc4)cc(-c4ccccc4)cc3-c3cc(C(C)(C)C)cc(C(C)(C)C)c3)c3ccccc32)c1. The quantitative estimate of drug-likeness (QED) is 0.144. The van der Waals surface area contributed by atoms with Gasteiger partial charge in [0.15, 0.2) is 0 Å². The van der Waals surface area contributed by atoms with E-state index in [0.717, 1.165) is 101 Å². The molecule has 0 amide bonds. The summed E-state index contributed by atoms with van der Waals surface area (Å²) in [5.74, 6) is 2.04. The molecule has 0 aliphatic carbocycles. The van der Waals surface area contributed by atoms with Crippen molar-refractivity contribution < 1.29 is 9.13 Å². The van der Waals surface area contributed by atoms with Crippen LogP contribution in [0.3, 0.4) is 0 Å². The van der Waals surface area contributed by atoms with Crippen molar-refractivity contribution in [1.29, 1.82) is 0 Å². The predicted octanol–water partition coefficient (Wildman–Crippen LogP) is 20.5. The van der Waals surface area contributed by atoms with Crippen LogP contribution in [0, 0.1) is 19.7 Å². The number of halogens is 1. The van der Waals surface area contributed by atoms with Crippen LogP contribution < -0.4 is 14.5 Å². The van der Waals surface area contributed by atoms with Crippen LogP contribution in [0.1, 0.15) is 90.1 Å². The molecule has 0 saturated heterocycles. The highest BCUT2D eigenvalue weighted by Gasteiger charge is 2.34. The number of anilines is 4. The van der Waals surface area contributed by atoms with Crippen LogP contribution in [0.15, 0.2) is 206 Å². The molecule has 12 rings (SSSR count). The first kappa shape index (κ1) is 52.0. The van der Waals surface area contributed by atoms with E-state index in [1.165, 1.54) is 33.4 Å². The van der Waals surface area contributed by atoms with Gasteiger partial charge in [-0.05, 0) is 170 Å². The molecule has 0 bridgehead atoms. The normalized spacial score (nSPS) is 12.9. The standard InChI is InChI=1S/C74H69FN4O/c1-47-20-19-21-48(2)70(47)53-38-58(44-60(39-53)80-59-32-33-62-61-24-15-16-25-65(61)79(68(62)45-59)69-43-54(34-35-76-69)72(3,4)5)77-46-78(67-27-18-17-26-66(67)77)71-63(50-28-30-57(75)31-29-50)40-51(49-22-13-12-14-23-49)41-64(71)52-36-55(73(6,7)8)42-56(37-52)74(9,10)11/h12-45H,46H2,1-11H3. The number of ether oxygens (including phenoxy) is 1. The Morgan fingerprint density at radius 1 is 0.438 bits per heavy atom. The first-order valence-corrected chi connectivity index (χ1v) is 28.0. The smallest absolute Gasteiger partial charge is 0.137 e. The number of nitrogens with zero attached hydrogens (tertiary/aromatic N) is 4. The second-order valence-electron chi connectivity index (χ2n) is 24.8. The fourth-order valence-electron chi connectivity index (χ4n) is 11.7. The van der Waals surface area contributed by atoms with Gasteiger partial charge in [-0.3, -0.25) is 4.57 Å². The lowest BCUT2D eigenvalue weighted by Gasteiger charge is -2.30. The molecule has 0 fully saturated rings. The van der Waals surface area contributed by atoms with Gasteiger partial charge in [0.05, 0.1) is 28.1 Å². The van der Waals surface area contributed by atoms with Gasteiger partial charge in [-0.2, -0.15) is 0 Å². The Labute approximate surface area is 471 Å². The highest BCUT2D eigenvalue weighted by Crippen LogP contribution is 2.53. The lowest BCUT2D eigenvalue weighted by molar-refractivity contribution is 0.483. The summed E-state index contributed by atoms with van der Waals surface area (Å²) in [5.41, 5.74) is 20.7. The van der Waals surface area contributed by atoms with E-state index >= 15 is 4.39 Å². The van der Waals surface area contributed by atoms with Crippen molar-refractivity contribution in [3.05, 3.63) is 240 Å². The van der Waals surface area contributed by atoms with Crippen molar-refractivity contribution in [2.75, 3.05) is 16.5 Å². The zero-order chi connectivity index (χ0) is 55.8. The Morgan fingerprint density at radius 2 is 1.05 bits per heavy atom. The molecular weight excluding hydrogens is 980 g/mol. The molecule has 6 heteroatoms. The van der Waals surface area contributed by atoms with Gasteiger partial charge in [0.2, 0.25) is 0 Å². The number of pyridine rings is 1. The molecule has 0 radical (unpaired) electrons. The number of fused-ring (bicyclic) bond motifs is 4. The average Bonchev–Trinajstić information content (AvgIpc) is 4.15. The number of para-hydroxylation sites is 3. The summed E-state index contributed by atoms with van der Waals surface area (Å²) in [4.78, 5) is 9.86. The van der Waals surface area contributed by atoms with E-state index in [9.17, 15) is 0 Å². The zero-order valence-corrected chi connectivity index (χ0v) is 47.9. The van der Waals surface area contributed by atoms with Crippen molar-refractivity contribution in [2.24, 2.45) is 0 Å². The minimum Gasteiger partial charge on any atom is -0.457 e. The fraction of sp³-hybridized carbons (Fsp3) is 0.203. The van der Waals surface area contributed by atoms with Crippen LogP contribution >= 0.6 is 0 Å². The third-order valence-corrected chi connectivity index (χ3v) is 16.1. The van der Waals surface area contributed by atoms with Gasteiger partial charge in [0.1, 0.15) is 29.8 Å². The summed E-state index contributed by atoms with van der Waals surface area (Å²) in [6, 6.07) is 70.7. The van der Waals surface area contributed by atoms with Gasteiger partial charge < -0.3 is 14.5 Å². The van der Waals surface area contributed by atoms with Crippen molar-refractivity contribution in [2.45, 2.75) is 92.4 Å². The summed E-state index contributed by atoms with van der Waals surface area (Å²) < 4.78 is 24.5. The Hall–Kier alpha value is -8.74. The maximum atomic E-state index is 15.0. The maximum absolute atomic E-state index is 15.0. The molecule has 1 aliphatic heterocycles. The van der Waals surface area contributed by atoms with Gasteiger partial charge >= 0.3 is 0 Å². The molecule has 2 aromatic heterocycles. The van der Waals surface area contributed by atoms with Crippen molar-refractivity contribution >= 4 is 44.6 Å². The van der Waals surface area contributed by atoms with E-state index in [2.05, 4.69) is 266 Å². The summed E-state index contributed by atoms with van der Waals surface area (Å²) in [5, 5.41) is 2.29. The van der Waals surface area contributed by atoms with E-state index < -0.39 is 0 Å². The molecule has 0 unspecified atom stereocenters. The van der Waals surface area contributed by atoms with E-state index in [4.69, 9.17) is 9.72 Å². The van der Waals surface area contributed by atoms with E-state index in [1.807, 2.05) is 18.3 Å². The molecule has 11 aromatic rings. The first-order chi connectivity index (χ1) is 38.3. The molecule has 0 spiro atoms. The monoisotopic (exact) mass is 1050 g/mol. The number of aromatic nitrogens is 2. The summed E-state index contributed by atoms with van der Waals surface area (Å²) in [6.45, 7) is 25.4. The Balaban J connectivity index is 1.05. The third-order valence-electron chi connectivity index (χ3n) is 16.1. The molecule has 9 aromatic carbocycles. The lowest BCUT2D eigenvalue weighted by atomic mass is 9.78. The Morgan fingerprint density at radius 3 is 1.73 bits per heavy atom. The summed E-state index contributed by atoms with van der Waals surface area (Å²) in [7, 11) is 0. The summed E-state index contributed by atoms with van der Waals surface area (Å²) >= 11 is 0.